The molecule has 1 aromatic carbocycles. The number of ether oxygens (including phenoxy) is 1. The molecule has 0 saturated carbocycles. The molecule has 0 amide bonds. The minimum atomic E-state index is 0.885. The van der Waals surface area contributed by atoms with Gasteiger partial charge < -0.3 is 4.74 Å². The number of rotatable bonds is 2. The van der Waals surface area contributed by atoms with Crippen molar-refractivity contribution in [1.82, 2.24) is 4.98 Å². The van der Waals surface area contributed by atoms with Crippen molar-refractivity contribution in [2.75, 3.05) is 7.11 Å². The summed E-state index contributed by atoms with van der Waals surface area (Å²) in [5.74, 6) is 0. The van der Waals surface area contributed by atoms with Gasteiger partial charge >= 0.3 is 0 Å². The van der Waals surface area contributed by atoms with Gasteiger partial charge in [-0.3, -0.25) is 0 Å². The van der Waals surface area contributed by atoms with Crippen LogP contribution in [0.15, 0.2) is 41.1 Å². The van der Waals surface area contributed by atoms with Crippen LogP contribution in [0.4, 0.5) is 0 Å². The first-order valence-electron chi connectivity index (χ1n) is 4.56. The van der Waals surface area contributed by atoms with Gasteiger partial charge in [-0.05, 0) is 34.1 Å². The number of benzene rings is 1. The number of nitrogens with zero attached hydrogens (tertiary/aromatic N) is 1. The summed E-state index contributed by atoms with van der Waals surface area (Å²) in [5, 5.41) is 1.12. The van der Waals surface area contributed by atoms with E-state index in [1.54, 1.807) is 13.4 Å². The van der Waals surface area contributed by atoms with Gasteiger partial charge in [0.25, 0.3) is 0 Å². The van der Waals surface area contributed by atoms with Crippen LogP contribution in [0.2, 0.25) is 0 Å². The Morgan fingerprint density at radius 2 is 2.13 bits per heavy atom. The second-order valence-corrected chi connectivity index (χ2v) is 3.94. The van der Waals surface area contributed by atoms with Gasteiger partial charge in [0, 0.05) is 9.86 Å². The molecule has 3 heteroatoms. The SMILES string of the molecule is COC=Cc1ccc2cccc(Br)c2n1. The molecule has 76 valence electrons. The highest BCUT2D eigenvalue weighted by atomic mass is 79.9. The average Bonchev–Trinajstić information content (AvgIpc) is 2.27. The molecule has 2 aromatic rings. The van der Waals surface area contributed by atoms with Crippen molar-refractivity contribution < 1.29 is 4.74 Å². The van der Waals surface area contributed by atoms with Crippen LogP contribution in [-0.4, -0.2) is 12.1 Å². The van der Waals surface area contributed by atoms with Crippen LogP contribution in [0.1, 0.15) is 5.69 Å². The zero-order valence-corrected chi connectivity index (χ0v) is 9.86. The Labute approximate surface area is 96.7 Å². The molecule has 0 aliphatic carbocycles. The predicted octanol–water partition coefficient (Wildman–Crippen LogP) is 3.61. The zero-order chi connectivity index (χ0) is 10.7. The molecule has 15 heavy (non-hydrogen) atoms. The smallest absolute Gasteiger partial charge is 0.0851 e. The van der Waals surface area contributed by atoms with E-state index < -0.39 is 0 Å². The highest BCUT2D eigenvalue weighted by Gasteiger charge is 1.99. The van der Waals surface area contributed by atoms with Gasteiger partial charge in [0.15, 0.2) is 0 Å². The zero-order valence-electron chi connectivity index (χ0n) is 8.27. The maximum absolute atomic E-state index is 4.86. The van der Waals surface area contributed by atoms with Crippen LogP contribution in [0.25, 0.3) is 17.0 Å². The first-order valence-corrected chi connectivity index (χ1v) is 5.35. The van der Waals surface area contributed by atoms with E-state index in [2.05, 4.69) is 20.9 Å². The van der Waals surface area contributed by atoms with E-state index in [0.717, 1.165) is 21.1 Å². The van der Waals surface area contributed by atoms with E-state index in [1.165, 1.54) is 0 Å². The van der Waals surface area contributed by atoms with Gasteiger partial charge in [-0.1, -0.05) is 18.2 Å². The quantitative estimate of drug-likeness (QED) is 0.773. The summed E-state index contributed by atoms with van der Waals surface area (Å²) >= 11 is 3.48. The van der Waals surface area contributed by atoms with Gasteiger partial charge in [0.1, 0.15) is 0 Å². The Bertz CT molecular complexity index is 508. The van der Waals surface area contributed by atoms with Crippen LogP contribution in [0.5, 0.6) is 0 Å². The number of methoxy groups -OCH3 is 1. The molecule has 0 atom stereocenters. The highest BCUT2D eigenvalue weighted by Crippen LogP contribution is 2.22. The average molecular weight is 264 g/mol. The Morgan fingerprint density at radius 1 is 1.27 bits per heavy atom. The van der Waals surface area contributed by atoms with Gasteiger partial charge in [0.2, 0.25) is 0 Å². The molecule has 0 saturated heterocycles. The van der Waals surface area contributed by atoms with Crippen LogP contribution in [0.3, 0.4) is 0 Å². The second kappa shape index (κ2) is 4.45. The molecular formula is C12H10BrNO. The third-order valence-corrected chi connectivity index (χ3v) is 2.71. The Balaban J connectivity index is 2.54. The third-order valence-electron chi connectivity index (χ3n) is 2.07. The fraction of sp³-hybridized carbons (Fsp3) is 0.0833. The lowest BCUT2D eigenvalue weighted by Crippen LogP contribution is -1.84. The van der Waals surface area contributed by atoms with Crippen molar-refractivity contribution in [2.45, 2.75) is 0 Å². The summed E-state index contributed by atoms with van der Waals surface area (Å²) in [6.07, 6.45) is 3.45. The molecule has 1 aromatic heterocycles. The monoisotopic (exact) mass is 263 g/mol. The van der Waals surface area contributed by atoms with Gasteiger partial charge in [-0.2, -0.15) is 0 Å². The fourth-order valence-corrected chi connectivity index (χ4v) is 1.83. The fourth-order valence-electron chi connectivity index (χ4n) is 1.36. The number of aromatic nitrogens is 1. The standard InChI is InChI=1S/C12H10BrNO/c1-15-8-7-10-6-5-9-3-2-4-11(13)12(9)14-10/h2-8H,1H3. The van der Waals surface area contributed by atoms with E-state index in [4.69, 9.17) is 4.74 Å². The molecule has 0 spiro atoms. The minimum absolute atomic E-state index is 0.885. The molecule has 0 unspecified atom stereocenters. The van der Waals surface area contributed by atoms with Crippen molar-refractivity contribution in [3.63, 3.8) is 0 Å². The second-order valence-electron chi connectivity index (χ2n) is 3.09. The van der Waals surface area contributed by atoms with Gasteiger partial charge in [-0.25, -0.2) is 4.98 Å². The molecule has 1 heterocycles. The van der Waals surface area contributed by atoms with Gasteiger partial charge in [-0.15, -0.1) is 0 Å². The van der Waals surface area contributed by atoms with Crippen molar-refractivity contribution >= 4 is 32.9 Å². The Morgan fingerprint density at radius 3 is 2.93 bits per heavy atom. The summed E-state index contributed by atoms with van der Waals surface area (Å²) in [6, 6.07) is 10.0. The van der Waals surface area contributed by atoms with Crippen LogP contribution in [0, 0.1) is 0 Å². The maximum Gasteiger partial charge on any atom is 0.0851 e. The number of para-hydroxylation sites is 1. The maximum atomic E-state index is 4.86. The number of fused-ring (bicyclic) bond motifs is 1. The Kier molecular flexibility index (Phi) is 3.02. The van der Waals surface area contributed by atoms with Gasteiger partial charge in [0.05, 0.1) is 24.6 Å². The first-order chi connectivity index (χ1) is 7.31. The van der Waals surface area contributed by atoms with E-state index in [9.17, 15) is 0 Å². The number of halogens is 1. The normalized spacial score (nSPS) is 11.1. The summed E-state index contributed by atoms with van der Waals surface area (Å²) in [7, 11) is 1.62. The van der Waals surface area contributed by atoms with Crippen molar-refractivity contribution in [3.8, 4) is 0 Å². The number of hydrogen-bond acceptors (Lipinski definition) is 2. The van der Waals surface area contributed by atoms with E-state index in [1.807, 2.05) is 36.4 Å². The number of hydrogen-bond donors (Lipinski definition) is 0. The largest absolute Gasteiger partial charge is 0.504 e. The van der Waals surface area contributed by atoms with Crippen LogP contribution < -0.4 is 0 Å². The molecule has 0 fully saturated rings. The molecule has 0 N–H and O–H groups in total. The molecular weight excluding hydrogens is 254 g/mol. The molecule has 0 aliphatic heterocycles. The predicted molar refractivity (Wildman–Crippen MR) is 65.5 cm³/mol. The van der Waals surface area contributed by atoms with Crippen LogP contribution in [-0.2, 0) is 4.74 Å². The molecule has 2 nitrogen and oxygen atoms in total. The lowest BCUT2D eigenvalue weighted by Gasteiger charge is -2.00. The Hall–Kier alpha value is -1.35. The van der Waals surface area contributed by atoms with Crippen LogP contribution >= 0.6 is 15.9 Å². The van der Waals surface area contributed by atoms with Crippen molar-refractivity contribution in [2.24, 2.45) is 0 Å². The lowest BCUT2D eigenvalue weighted by molar-refractivity contribution is 0.341. The van der Waals surface area contributed by atoms with E-state index >= 15 is 0 Å². The summed E-state index contributed by atoms with van der Waals surface area (Å²) < 4.78 is 5.86. The highest BCUT2D eigenvalue weighted by molar-refractivity contribution is 9.10. The van der Waals surface area contributed by atoms with Crippen molar-refractivity contribution in [1.29, 1.82) is 0 Å². The summed E-state index contributed by atoms with van der Waals surface area (Å²) in [6.45, 7) is 0. The third kappa shape index (κ3) is 2.18. The minimum Gasteiger partial charge on any atom is -0.504 e. The lowest BCUT2D eigenvalue weighted by atomic mass is 10.2. The molecule has 0 radical (unpaired) electrons. The topological polar surface area (TPSA) is 22.1 Å². The van der Waals surface area contributed by atoms with E-state index in [-0.39, 0.29) is 0 Å². The van der Waals surface area contributed by atoms with E-state index in [0.29, 0.717) is 0 Å². The summed E-state index contributed by atoms with van der Waals surface area (Å²) in [4.78, 5) is 4.50. The molecule has 0 aliphatic rings. The van der Waals surface area contributed by atoms with Crippen molar-refractivity contribution in [3.05, 3.63) is 46.8 Å². The number of pyridine rings is 1. The molecule has 0 bridgehead atoms. The summed E-state index contributed by atoms with van der Waals surface area (Å²) in [5.41, 5.74) is 1.85. The first kappa shape index (κ1) is 10.2. The molecule has 2 rings (SSSR count).